The predicted octanol–water partition coefficient (Wildman–Crippen LogP) is 3.07. The van der Waals surface area contributed by atoms with Crippen LogP contribution < -0.4 is 25.3 Å². The van der Waals surface area contributed by atoms with Crippen molar-refractivity contribution in [2.45, 2.75) is 44.7 Å². The van der Waals surface area contributed by atoms with Gasteiger partial charge >= 0.3 is 0 Å². The molecule has 0 heterocycles. The van der Waals surface area contributed by atoms with Crippen LogP contribution in [0.4, 0.5) is 0 Å². The highest BCUT2D eigenvalue weighted by molar-refractivity contribution is 14.0. The molecule has 0 spiro atoms. The first-order valence-corrected chi connectivity index (χ1v) is 8.03. The van der Waals surface area contributed by atoms with Gasteiger partial charge in [0, 0.05) is 6.04 Å². The topological polar surface area (TPSA) is 78.1 Å². The number of halogens is 1. The van der Waals surface area contributed by atoms with Crippen LogP contribution in [0.1, 0.15) is 37.7 Å². The van der Waals surface area contributed by atoms with E-state index in [2.05, 4.69) is 10.3 Å². The molecule has 1 aliphatic rings. The number of hydrogen-bond donors (Lipinski definition) is 2. The van der Waals surface area contributed by atoms with Gasteiger partial charge in [0.05, 0.1) is 27.9 Å². The molecule has 7 heteroatoms. The summed E-state index contributed by atoms with van der Waals surface area (Å²) in [6.07, 6.45) is 6.18. The third kappa shape index (κ3) is 5.61. The maximum atomic E-state index is 6.00. The summed E-state index contributed by atoms with van der Waals surface area (Å²) in [6.45, 7) is 0.461. The van der Waals surface area contributed by atoms with Gasteiger partial charge in [-0.05, 0) is 30.5 Å². The second-order valence-corrected chi connectivity index (χ2v) is 5.71. The molecule has 1 aromatic carbocycles. The molecule has 0 unspecified atom stereocenters. The third-order valence-corrected chi connectivity index (χ3v) is 4.11. The number of hydrogen-bond acceptors (Lipinski definition) is 4. The molecule has 24 heavy (non-hydrogen) atoms. The van der Waals surface area contributed by atoms with Crippen LogP contribution in [0, 0.1) is 0 Å². The molecule has 0 amide bonds. The smallest absolute Gasteiger partial charge is 0.203 e. The SMILES string of the molecule is COc1cc(CN=C(N)NC2CCCCC2)cc(OC)c1OC.I. The number of nitrogens with one attached hydrogen (secondary N) is 1. The molecule has 1 aromatic rings. The first-order chi connectivity index (χ1) is 11.2. The number of ether oxygens (including phenoxy) is 3. The molecule has 1 fully saturated rings. The van der Waals surface area contributed by atoms with Gasteiger partial charge in [-0.1, -0.05) is 19.3 Å². The molecule has 1 saturated carbocycles. The lowest BCUT2D eigenvalue weighted by Gasteiger charge is -2.23. The second kappa shape index (κ2) is 10.5. The van der Waals surface area contributed by atoms with E-state index < -0.39 is 0 Å². The van der Waals surface area contributed by atoms with Gasteiger partial charge in [0.1, 0.15) is 0 Å². The fourth-order valence-corrected chi connectivity index (χ4v) is 2.90. The minimum absolute atomic E-state index is 0. The number of benzene rings is 1. The highest BCUT2D eigenvalue weighted by Crippen LogP contribution is 2.38. The Morgan fingerprint density at radius 3 is 2.17 bits per heavy atom. The van der Waals surface area contributed by atoms with Crippen molar-refractivity contribution in [1.82, 2.24) is 5.32 Å². The average molecular weight is 449 g/mol. The van der Waals surface area contributed by atoms with Gasteiger partial charge in [-0.2, -0.15) is 0 Å². The molecular weight excluding hydrogens is 421 g/mol. The van der Waals surface area contributed by atoms with Gasteiger partial charge in [-0.3, -0.25) is 0 Å². The van der Waals surface area contributed by atoms with E-state index in [-0.39, 0.29) is 24.0 Å². The maximum absolute atomic E-state index is 6.00. The van der Waals surface area contributed by atoms with Crippen LogP contribution in [-0.2, 0) is 6.54 Å². The number of guanidine groups is 1. The van der Waals surface area contributed by atoms with Gasteiger partial charge in [0.25, 0.3) is 0 Å². The lowest BCUT2D eigenvalue weighted by atomic mass is 9.96. The number of nitrogens with zero attached hydrogens (tertiary/aromatic N) is 1. The van der Waals surface area contributed by atoms with Crippen LogP contribution in [0.25, 0.3) is 0 Å². The van der Waals surface area contributed by atoms with E-state index in [9.17, 15) is 0 Å². The molecule has 0 aromatic heterocycles. The molecule has 0 radical (unpaired) electrons. The number of methoxy groups -OCH3 is 3. The van der Waals surface area contributed by atoms with E-state index in [1.54, 1.807) is 21.3 Å². The fourth-order valence-electron chi connectivity index (χ4n) is 2.90. The highest BCUT2D eigenvalue weighted by atomic mass is 127. The Morgan fingerprint density at radius 2 is 1.67 bits per heavy atom. The molecule has 1 aliphatic carbocycles. The number of nitrogens with two attached hydrogens (primary N) is 1. The summed E-state index contributed by atoms with van der Waals surface area (Å²) >= 11 is 0. The average Bonchev–Trinajstić information content (AvgIpc) is 2.59. The quantitative estimate of drug-likeness (QED) is 0.397. The summed E-state index contributed by atoms with van der Waals surface area (Å²) in [4.78, 5) is 4.43. The van der Waals surface area contributed by atoms with Crippen LogP contribution >= 0.6 is 24.0 Å². The number of rotatable bonds is 6. The van der Waals surface area contributed by atoms with Crippen LogP contribution in [0.2, 0.25) is 0 Å². The van der Waals surface area contributed by atoms with Crippen LogP contribution in [0.5, 0.6) is 17.2 Å². The van der Waals surface area contributed by atoms with E-state index in [0.29, 0.717) is 35.8 Å². The Morgan fingerprint density at radius 1 is 1.08 bits per heavy atom. The van der Waals surface area contributed by atoms with Crippen LogP contribution in [-0.4, -0.2) is 33.3 Å². The number of aliphatic imine (C=N–C) groups is 1. The van der Waals surface area contributed by atoms with Crippen molar-refractivity contribution < 1.29 is 14.2 Å². The molecule has 0 saturated heterocycles. The van der Waals surface area contributed by atoms with Crippen molar-refractivity contribution in [3.8, 4) is 17.2 Å². The van der Waals surface area contributed by atoms with E-state index in [4.69, 9.17) is 19.9 Å². The van der Waals surface area contributed by atoms with E-state index in [0.717, 1.165) is 5.56 Å². The minimum Gasteiger partial charge on any atom is -0.493 e. The molecule has 136 valence electrons. The molecule has 0 atom stereocenters. The van der Waals surface area contributed by atoms with Gasteiger partial charge in [-0.15, -0.1) is 24.0 Å². The highest BCUT2D eigenvalue weighted by Gasteiger charge is 2.14. The van der Waals surface area contributed by atoms with Gasteiger partial charge in [-0.25, -0.2) is 4.99 Å². The minimum atomic E-state index is 0. The fraction of sp³-hybridized carbons (Fsp3) is 0.588. The normalized spacial score (nSPS) is 15.4. The molecule has 6 nitrogen and oxygen atoms in total. The molecule has 2 rings (SSSR count). The Kier molecular flexibility index (Phi) is 9.02. The predicted molar refractivity (Wildman–Crippen MR) is 107 cm³/mol. The van der Waals surface area contributed by atoms with E-state index in [1.165, 1.54) is 32.1 Å². The molecule has 0 bridgehead atoms. The Hall–Kier alpha value is -1.38. The van der Waals surface area contributed by atoms with Crippen molar-refractivity contribution in [3.05, 3.63) is 17.7 Å². The zero-order valence-electron chi connectivity index (χ0n) is 14.6. The lowest BCUT2D eigenvalue weighted by Crippen LogP contribution is -2.41. The zero-order chi connectivity index (χ0) is 16.7. The third-order valence-electron chi connectivity index (χ3n) is 4.11. The first-order valence-electron chi connectivity index (χ1n) is 8.03. The second-order valence-electron chi connectivity index (χ2n) is 5.71. The summed E-state index contributed by atoms with van der Waals surface area (Å²) < 4.78 is 16.0. The zero-order valence-corrected chi connectivity index (χ0v) is 17.0. The van der Waals surface area contributed by atoms with Gasteiger partial charge in [0.15, 0.2) is 17.5 Å². The van der Waals surface area contributed by atoms with Crippen LogP contribution in [0.15, 0.2) is 17.1 Å². The summed E-state index contributed by atoms with van der Waals surface area (Å²) in [5.41, 5.74) is 6.95. The molecular formula is C17H28IN3O3. The van der Waals surface area contributed by atoms with Gasteiger partial charge < -0.3 is 25.3 Å². The largest absolute Gasteiger partial charge is 0.493 e. The Balaban J connectivity index is 0.00000288. The summed E-state index contributed by atoms with van der Waals surface area (Å²) in [7, 11) is 4.79. The Bertz CT molecular complexity index is 521. The van der Waals surface area contributed by atoms with Crippen molar-refractivity contribution in [2.75, 3.05) is 21.3 Å². The van der Waals surface area contributed by atoms with Crippen molar-refractivity contribution in [1.29, 1.82) is 0 Å². The van der Waals surface area contributed by atoms with Crippen molar-refractivity contribution in [3.63, 3.8) is 0 Å². The first kappa shape index (κ1) is 20.7. The van der Waals surface area contributed by atoms with E-state index in [1.807, 2.05) is 12.1 Å². The van der Waals surface area contributed by atoms with Crippen molar-refractivity contribution >= 4 is 29.9 Å². The lowest BCUT2D eigenvalue weighted by molar-refractivity contribution is 0.324. The monoisotopic (exact) mass is 449 g/mol. The van der Waals surface area contributed by atoms with Gasteiger partial charge in [0.2, 0.25) is 5.75 Å². The van der Waals surface area contributed by atoms with Crippen LogP contribution in [0.3, 0.4) is 0 Å². The standard InChI is InChI=1S/C17H27N3O3.HI/c1-21-14-9-12(10-15(22-2)16(14)23-3)11-19-17(18)20-13-7-5-4-6-8-13;/h9-10,13H,4-8,11H2,1-3H3,(H3,18,19,20);1H. The molecule has 0 aliphatic heterocycles. The van der Waals surface area contributed by atoms with Crippen molar-refractivity contribution in [2.24, 2.45) is 10.7 Å². The Labute approximate surface area is 161 Å². The van der Waals surface area contributed by atoms with E-state index >= 15 is 0 Å². The summed E-state index contributed by atoms with van der Waals surface area (Å²) in [5.74, 6) is 2.31. The summed E-state index contributed by atoms with van der Waals surface area (Å²) in [6, 6.07) is 4.23. The molecule has 3 N–H and O–H groups in total. The maximum Gasteiger partial charge on any atom is 0.203 e. The summed E-state index contributed by atoms with van der Waals surface area (Å²) in [5, 5.41) is 3.31.